The Morgan fingerprint density at radius 1 is 1.19 bits per heavy atom. The quantitative estimate of drug-likeness (QED) is 0.901. The third kappa shape index (κ3) is 4.63. The molecule has 0 fully saturated rings. The van der Waals surface area contributed by atoms with Gasteiger partial charge in [0.1, 0.15) is 5.01 Å². The van der Waals surface area contributed by atoms with Gasteiger partial charge in [0.15, 0.2) is 0 Å². The molecule has 3 nitrogen and oxygen atoms in total. The molecule has 0 aliphatic rings. The van der Waals surface area contributed by atoms with Crippen LogP contribution in [0.1, 0.15) is 36.9 Å². The predicted octanol–water partition coefficient (Wildman–Crippen LogP) is 4.15. The number of thiazole rings is 1. The fourth-order valence-electron chi connectivity index (χ4n) is 1.94. The Hall–Kier alpha value is -1.23. The molecule has 1 heterocycles. The molecular formula is C17H24N2OS. The molecule has 0 saturated heterocycles. The van der Waals surface area contributed by atoms with Gasteiger partial charge in [-0.2, -0.15) is 0 Å². The molecule has 0 amide bonds. The van der Waals surface area contributed by atoms with Crippen molar-refractivity contribution in [3.8, 4) is 10.6 Å². The summed E-state index contributed by atoms with van der Waals surface area (Å²) < 4.78 is 5.29. The highest BCUT2D eigenvalue weighted by molar-refractivity contribution is 7.15. The maximum Gasteiger partial charge on any atom is 0.124 e. The molecule has 1 aromatic carbocycles. The van der Waals surface area contributed by atoms with E-state index >= 15 is 0 Å². The van der Waals surface area contributed by atoms with Crippen molar-refractivity contribution >= 4 is 11.3 Å². The van der Waals surface area contributed by atoms with Crippen LogP contribution in [0.4, 0.5) is 0 Å². The SMILES string of the molecule is COCc1nc(-c2ccc(C)cc2)sc1CNC(C)(C)C. The van der Waals surface area contributed by atoms with E-state index in [1.165, 1.54) is 16.0 Å². The minimum absolute atomic E-state index is 0.0956. The Kier molecular flexibility index (Phi) is 5.14. The van der Waals surface area contributed by atoms with Crippen LogP contribution < -0.4 is 5.32 Å². The average Bonchev–Trinajstić information content (AvgIpc) is 2.80. The van der Waals surface area contributed by atoms with Gasteiger partial charge < -0.3 is 10.1 Å². The van der Waals surface area contributed by atoms with E-state index in [0.717, 1.165) is 17.2 Å². The molecule has 0 spiro atoms. The summed E-state index contributed by atoms with van der Waals surface area (Å²) in [6.45, 7) is 10.00. The summed E-state index contributed by atoms with van der Waals surface area (Å²) in [5.41, 5.74) is 3.57. The largest absolute Gasteiger partial charge is 0.378 e. The molecule has 1 aromatic heterocycles. The minimum atomic E-state index is 0.0956. The molecule has 0 radical (unpaired) electrons. The van der Waals surface area contributed by atoms with Crippen LogP contribution in [0.5, 0.6) is 0 Å². The predicted molar refractivity (Wildman–Crippen MR) is 89.6 cm³/mol. The maximum absolute atomic E-state index is 5.29. The molecule has 0 bridgehead atoms. The molecule has 0 aliphatic heterocycles. The van der Waals surface area contributed by atoms with E-state index in [2.05, 4.69) is 57.3 Å². The first-order chi connectivity index (χ1) is 9.89. The molecule has 2 rings (SSSR count). The van der Waals surface area contributed by atoms with E-state index in [-0.39, 0.29) is 5.54 Å². The fourth-order valence-corrected chi connectivity index (χ4v) is 2.95. The summed E-state index contributed by atoms with van der Waals surface area (Å²) in [7, 11) is 1.71. The Bertz CT molecular complexity index is 582. The van der Waals surface area contributed by atoms with Crippen LogP contribution in [0.2, 0.25) is 0 Å². The van der Waals surface area contributed by atoms with Crippen molar-refractivity contribution in [2.45, 2.75) is 46.4 Å². The third-order valence-electron chi connectivity index (χ3n) is 3.14. The number of hydrogen-bond acceptors (Lipinski definition) is 4. The van der Waals surface area contributed by atoms with Crippen LogP contribution in [0, 0.1) is 6.92 Å². The number of nitrogens with one attached hydrogen (secondary N) is 1. The van der Waals surface area contributed by atoms with E-state index in [9.17, 15) is 0 Å². The molecule has 0 atom stereocenters. The first-order valence-electron chi connectivity index (χ1n) is 7.18. The number of methoxy groups -OCH3 is 1. The lowest BCUT2D eigenvalue weighted by Gasteiger charge is -2.20. The summed E-state index contributed by atoms with van der Waals surface area (Å²) in [5.74, 6) is 0. The van der Waals surface area contributed by atoms with Crippen molar-refractivity contribution in [3.05, 3.63) is 40.4 Å². The zero-order valence-corrected chi connectivity index (χ0v) is 14.3. The molecule has 1 N–H and O–H groups in total. The third-order valence-corrected chi connectivity index (χ3v) is 4.28. The number of aryl methyl sites for hydroxylation is 1. The second kappa shape index (κ2) is 6.69. The van der Waals surface area contributed by atoms with Crippen molar-refractivity contribution in [1.29, 1.82) is 0 Å². The highest BCUT2D eigenvalue weighted by atomic mass is 32.1. The fraction of sp³-hybridized carbons (Fsp3) is 0.471. The van der Waals surface area contributed by atoms with Gasteiger partial charge in [0.05, 0.1) is 12.3 Å². The van der Waals surface area contributed by atoms with E-state index in [1.807, 2.05) is 0 Å². The molecule has 2 aromatic rings. The van der Waals surface area contributed by atoms with Gasteiger partial charge in [0, 0.05) is 29.6 Å². The summed E-state index contributed by atoms with van der Waals surface area (Å²) in [4.78, 5) is 6.01. The Labute approximate surface area is 131 Å². The second-order valence-corrected chi connectivity index (χ2v) is 7.38. The first kappa shape index (κ1) is 16.1. The lowest BCUT2D eigenvalue weighted by Crippen LogP contribution is -2.35. The van der Waals surface area contributed by atoms with Crippen molar-refractivity contribution in [1.82, 2.24) is 10.3 Å². The summed E-state index contributed by atoms with van der Waals surface area (Å²) in [5, 5.41) is 4.59. The second-order valence-electron chi connectivity index (χ2n) is 6.29. The lowest BCUT2D eigenvalue weighted by atomic mass is 10.1. The van der Waals surface area contributed by atoms with Crippen LogP contribution in [-0.4, -0.2) is 17.6 Å². The lowest BCUT2D eigenvalue weighted by molar-refractivity contribution is 0.181. The average molecular weight is 304 g/mol. The molecule has 0 saturated carbocycles. The topological polar surface area (TPSA) is 34.1 Å². The number of benzene rings is 1. The van der Waals surface area contributed by atoms with Gasteiger partial charge in [-0.25, -0.2) is 4.98 Å². The molecular weight excluding hydrogens is 280 g/mol. The maximum atomic E-state index is 5.29. The number of aromatic nitrogens is 1. The Balaban J connectivity index is 2.25. The van der Waals surface area contributed by atoms with Crippen LogP contribution in [0.3, 0.4) is 0 Å². The molecule has 0 unspecified atom stereocenters. The normalized spacial score (nSPS) is 11.9. The van der Waals surface area contributed by atoms with Crippen LogP contribution >= 0.6 is 11.3 Å². The van der Waals surface area contributed by atoms with Crippen molar-refractivity contribution < 1.29 is 4.74 Å². The van der Waals surface area contributed by atoms with Gasteiger partial charge in [-0.05, 0) is 27.7 Å². The number of nitrogens with zero attached hydrogens (tertiary/aromatic N) is 1. The van der Waals surface area contributed by atoms with E-state index in [1.54, 1.807) is 18.4 Å². The monoisotopic (exact) mass is 304 g/mol. The number of rotatable bonds is 5. The van der Waals surface area contributed by atoms with E-state index < -0.39 is 0 Å². The zero-order chi connectivity index (χ0) is 15.5. The van der Waals surface area contributed by atoms with Gasteiger partial charge in [-0.1, -0.05) is 29.8 Å². The van der Waals surface area contributed by atoms with E-state index in [4.69, 9.17) is 9.72 Å². The Morgan fingerprint density at radius 3 is 2.43 bits per heavy atom. The van der Waals surface area contributed by atoms with Crippen LogP contribution in [0.15, 0.2) is 24.3 Å². The van der Waals surface area contributed by atoms with E-state index in [0.29, 0.717) is 6.61 Å². The number of hydrogen-bond donors (Lipinski definition) is 1. The van der Waals surface area contributed by atoms with Crippen LogP contribution in [-0.2, 0) is 17.9 Å². The number of ether oxygens (including phenoxy) is 1. The molecule has 0 aliphatic carbocycles. The van der Waals surface area contributed by atoms with Gasteiger partial charge >= 0.3 is 0 Å². The molecule has 4 heteroatoms. The van der Waals surface area contributed by atoms with Gasteiger partial charge in [-0.3, -0.25) is 0 Å². The Morgan fingerprint density at radius 2 is 1.86 bits per heavy atom. The molecule has 114 valence electrons. The minimum Gasteiger partial charge on any atom is -0.378 e. The van der Waals surface area contributed by atoms with Gasteiger partial charge in [0.25, 0.3) is 0 Å². The smallest absolute Gasteiger partial charge is 0.124 e. The van der Waals surface area contributed by atoms with Crippen molar-refractivity contribution in [3.63, 3.8) is 0 Å². The van der Waals surface area contributed by atoms with Crippen LogP contribution in [0.25, 0.3) is 10.6 Å². The summed E-state index contributed by atoms with van der Waals surface area (Å²) in [6, 6.07) is 8.51. The van der Waals surface area contributed by atoms with Gasteiger partial charge in [-0.15, -0.1) is 11.3 Å². The van der Waals surface area contributed by atoms with Crippen molar-refractivity contribution in [2.75, 3.05) is 7.11 Å². The standard InChI is InChI=1S/C17H24N2OS/c1-12-6-8-13(9-7-12)16-19-14(11-20-5)15(21-16)10-18-17(2,3)4/h6-9,18H,10-11H2,1-5H3. The summed E-state index contributed by atoms with van der Waals surface area (Å²) >= 11 is 1.75. The molecule has 21 heavy (non-hydrogen) atoms. The highest BCUT2D eigenvalue weighted by Crippen LogP contribution is 2.29. The first-order valence-corrected chi connectivity index (χ1v) is 8.00. The highest BCUT2D eigenvalue weighted by Gasteiger charge is 2.15. The summed E-state index contributed by atoms with van der Waals surface area (Å²) in [6.07, 6.45) is 0. The zero-order valence-electron chi connectivity index (χ0n) is 13.5. The van der Waals surface area contributed by atoms with Crippen molar-refractivity contribution in [2.24, 2.45) is 0 Å². The van der Waals surface area contributed by atoms with Gasteiger partial charge in [0.2, 0.25) is 0 Å².